The maximum atomic E-state index is 11.7. The topological polar surface area (TPSA) is 117 Å². The number of nitrogens with one attached hydrogen (secondary N) is 2. The van der Waals surface area contributed by atoms with Crippen LogP contribution in [0.4, 0.5) is 9.59 Å². The van der Waals surface area contributed by atoms with Crippen LogP contribution < -0.4 is 10.6 Å². The number of piperazine rings is 1. The fourth-order valence-electron chi connectivity index (χ4n) is 1.65. The summed E-state index contributed by atoms with van der Waals surface area (Å²) in [6, 6.07) is 0. The predicted molar refractivity (Wildman–Crippen MR) is 74.0 cm³/mol. The largest absolute Gasteiger partial charge is 0.439 e. The Bertz CT molecular complexity index is 393. The Hall–Kier alpha value is -2.52. The fourth-order valence-corrected chi connectivity index (χ4v) is 1.65. The van der Waals surface area contributed by atoms with E-state index in [0.717, 1.165) is 0 Å². The zero-order valence-electron chi connectivity index (χ0n) is 12.6. The van der Waals surface area contributed by atoms with E-state index in [1.807, 2.05) is 0 Å². The van der Waals surface area contributed by atoms with Crippen LogP contribution in [-0.4, -0.2) is 87.3 Å². The molecule has 1 aliphatic heterocycles. The molecule has 0 spiro atoms. The van der Waals surface area contributed by atoms with Crippen LogP contribution >= 0.6 is 0 Å². The Labute approximate surface area is 127 Å². The van der Waals surface area contributed by atoms with Gasteiger partial charge in [0.1, 0.15) is 0 Å². The first kappa shape index (κ1) is 17.5. The Balaban J connectivity index is 2.30. The van der Waals surface area contributed by atoms with Crippen LogP contribution in [0.3, 0.4) is 0 Å². The van der Waals surface area contributed by atoms with E-state index >= 15 is 0 Å². The highest BCUT2D eigenvalue weighted by Gasteiger charge is 2.26. The minimum Gasteiger partial charge on any atom is -0.439 e. The second-order valence-corrected chi connectivity index (χ2v) is 4.43. The third-order valence-electron chi connectivity index (χ3n) is 3.01. The van der Waals surface area contributed by atoms with Crippen LogP contribution in [0.2, 0.25) is 0 Å². The SMILES string of the molecule is CNC(=O)COC(=O)N1CCN(C(=O)OCC(=O)NC)CC1. The van der Waals surface area contributed by atoms with Gasteiger partial charge in [0.15, 0.2) is 13.2 Å². The maximum Gasteiger partial charge on any atom is 0.410 e. The number of hydrogen-bond donors (Lipinski definition) is 2. The van der Waals surface area contributed by atoms with Crippen molar-refractivity contribution in [1.82, 2.24) is 20.4 Å². The highest BCUT2D eigenvalue weighted by Crippen LogP contribution is 2.05. The molecule has 0 aliphatic carbocycles. The minimum absolute atomic E-state index is 0.266. The smallest absolute Gasteiger partial charge is 0.410 e. The number of carbonyl (C=O) groups excluding carboxylic acids is 4. The molecule has 1 heterocycles. The van der Waals surface area contributed by atoms with Gasteiger partial charge in [-0.3, -0.25) is 9.59 Å². The lowest BCUT2D eigenvalue weighted by Gasteiger charge is -2.33. The molecule has 0 aromatic carbocycles. The number of nitrogens with zero attached hydrogens (tertiary/aromatic N) is 2. The van der Waals surface area contributed by atoms with Crippen molar-refractivity contribution in [2.24, 2.45) is 0 Å². The summed E-state index contributed by atoms with van der Waals surface area (Å²) in [7, 11) is 2.89. The first-order chi connectivity index (χ1) is 10.5. The Morgan fingerprint density at radius 3 is 1.36 bits per heavy atom. The third-order valence-corrected chi connectivity index (χ3v) is 3.01. The van der Waals surface area contributed by atoms with Gasteiger partial charge in [0, 0.05) is 40.3 Å². The number of rotatable bonds is 4. The molecule has 0 unspecified atom stereocenters. The summed E-state index contributed by atoms with van der Waals surface area (Å²) in [6.45, 7) is 0.375. The Morgan fingerprint density at radius 2 is 1.09 bits per heavy atom. The van der Waals surface area contributed by atoms with Crippen LogP contribution in [0.5, 0.6) is 0 Å². The molecule has 10 heteroatoms. The lowest BCUT2D eigenvalue weighted by molar-refractivity contribution is -0.124. The predicted octanol–water partition coefficient (Wildman–Crippen LogP) is -1.63. The maximum absolute atomic E-state index is 11.7. The van der Waals surface area contributed by atoms with Crippen molar-refractivity contribution >= 4 is 24.0 Å². The van der Waals surface area contributed by atoms with Gasteiger partial charge in [0.2, 0.25) is 0 Å². The van der Waals surface area contributed by atoms with Crippen molar-refractivity contribution in [3.8, 4) is 0 Å². The molecule has 1 fully saturated rings. The van der Waals surface area contributed by atoms with Gasteiger partial charge in [0.05, 0.1) is 0 Å². The standard InChI is InChI=1S/C12H20N4O6/c1-13-9(17)7-21-11(19)15-3-5-16(6-4-15)12(20)22-8-10(18)14-2/h3-8H2,1-2H3,(H,13,17)(H,14,18). The van der Waals surface area contributed by atoms with E-state index in [9.17, 15) is 19.2 Å². The van der Waals surface area contributed by atoms with Crippen molar-refractivity contribution in [3.05, 3.63) is 0 Å². The first-order valence-electron chi connectivity index (χ1n) is 6.72. The van der Waals surface area contributed by atoms with Crippen LogP contribution in [0.1, 0.15) is 0 Å². The molecule has 4 amide bonds. The molecule has 0 bridgehead atoms. The normalized spacial score (nSPS) is 14.1. The number of carbonyl (C=O) groups is 4. The summed E-state index contributed by atoms with van der Waals surface area (Å²) < 4.78 is 9.62. The molecular weight excluding hydrogens is 296 g/mol. The minimum atomic E-state index is -0.609. The van der Waals surface area contributed by atoms with Gasteiger partial charge >= 0.3 is 12.2 Å². The molecule has 0 saturated carbocycles. The van der Waals surface area contributed by atoms with Crippen molar-refractivity contribution in [2.75, 3.05) is 53.5 Å². The zero-order valence-corrected chi connectivity index (χ0v) is 12.6. The van der Waals surface area contributed by atoms with Crippen LogP contribution in [0.15, 0.2) is 0 Å². The number of likely N-dealkylation sites (N-methyl/N-ethyl adjacent to an activating group) is 2. The first-order valence-corrected chi connectivity index (χ1v) is 6.72. The number of hydrogen-bond acceptors (Lipinski definition) is 6. The lowest BCUT2D eigenvalue weighted by atomic mass is 10.3. The second-order valence-electron chi connectivity index (χ2n) is 4.43. The molecule has 0 radical (unpaired) electrons. The molecule has 2 N–H and O–H groups in total. The molecule has 22 heavy (non-hydrogen) atoms. The van der Waals surface area contributed by atoms with Gasteiger partial charge in [-0.25, -0.2) is 9.59 Å². The van der Waals surface area contributed by atoms with E-state index in [-0.39, 0.29) is 39.4 Å². The molecular formula is C12H20N4O6. The van der Waals surface area contributed by atoms with Gasteiger partial charge in [-0.1, -0.05) is 0 Å². The summed E-state index contributed by atoms with van der Waals surface area (Å²) in [5, 5.41) is 4.67. The molecule has 1 saturated heterocycles. The zero-order chi connectivity index (χ0) is 16.5. The highest BCUT2D eigenvalue weighted by molar-refractivity contribution is 5.80. The van der Waals surface area contributed by atoms with Gasteiger partial charge in [0.25, 0.3) is 11.8 Å². The van der Waals surface area contributed by atoms with Crippen molar-refractivity contribution in [1.29, 1.82) is 0 Å². The van der Waals surface area contributed by atoms with E-state index in [0.29, 0.717) is 0 Å². The van der Waals surface area contributed by atoms with E-state index in [1.54, 1.807) is 0 Å². The average Bonchev–Trinajstić information content (AvgIpc) is 2.56. The quantitative estimate of drug-likeness (QED) is 0.643. The van der Waals surface area contributed by atoms with Gasteiger partial charge in [-0.05, 0) is 0 Å². The van der Waals surface area contributed by atoms with Crippen molar-refractivity contribution in [3.63, 3.8) is 0 Å². The molecule has 124 valence electrons. The fraction of sp³-hybridized carbons (Fsp3) is 0.667. The van der Waals surface area contributed by atoms with E-state index in [2.05, 4.69) is 10.6 Å². The summed E-state index contributed by atoms with van der Waals surface area (Å²) in [5.41, 5.74) is 0. The van der Waals surface area contributed by atoms with E-state index < -0.39 is 24.0 Å². The Kier molecular flexibility index (Phi) is 6.93. The summed E-state index contributed by atoms with van der Waals surface area (Å²) in [6.07, 6.45) is -1.22. The molecule has 10 nitrogen and oxygen atoms in total. The lowest BCUT2D eigenvalue weighted by Crippen LogP contribution is -2.51. The van der Waals surface area contributed by atoms with Crippen LogP contribution in [-0.2, 0) is 19.1 Å². The van der Waals surface area contributed by atoms with E-state index in [4.69, 9.17) is 9.47 Å². The van der Waals surface area contributed by atoms with Gasteiger partial charge < -0.3 is 29.9 Å². The number of amides is 4. The molecule has 0 aromatic rings. The monoisotopic (exact) mass is 316 g/mol. The summed E-state index contributed by atoms with van der Waals surface area (Å²) in [5.74, 6) is -0.797. The third kappa shape index (κ3) is 5.46. The highest BCUT2D eigenvalue weighted by atomic mass is 16.6. The number of ether oxygens (including phenoxy) is 2. The molecule has 0 aromatic heterocycles. The average molecular weight is 316 g/mol. The second kappa shape index (κ2) is 8.70. The summed E-state index contributed by atoms with van der Waals surface area (Å²) >= 11 is 0. The van der Waals surface area contributed by atoms with Crippen molar-refractivity contribution < 1.29 is 28.7 Å². The van der Waals surface area contributed by atoms with Gasteiger partial charge in [-0.2, -0.15) is 0 Å². The Morgan fingerprint density at radius 1 is 0.773 bits per heavy atom. The molecule has 0 atom stereocenters. The van der Waals surface area contributed by atoms with Crippen molar-refractivity contribution in [2.45, 2.75) is 0 Å². The van der Waals surface area contributed by atoms with E-state index in [1.165, 1.54) is 23.9 Å². The van der Waals surface area contributed by atoms with Crippen LogP contribution in [0.25, 0.3) is 0 Å². The molecule has 1 rings (SSSR count). The van der Waals surface area contributed by atoms with Crippen LogP contribution in [0, 0.1) is 0 Å². The summed E-state index contributed by atoms with van der Waals surface area (Å²) in [4.78, 5) is 48.1. The molecule has 1 aliphatic rings. The van der Waals surface area contributed by atoms with Gasteiger partial charge in [-0.15, -0.1) is 0 Å².